The van der Waals surface area contributed by atoms with Gasteiger partial charge in [0.15, 0.2) is 0 Å². The van der Waals surface area contributed by atoms with E-state index in [1.807, 2.05) is 18.2 Å². The van der Waals surface area contributed by atoms with Crippen LogP contribution in [0.25, 0.3) is 10.9 Å². The molecule has 6 nitrogen and oxygen atoms in total. The maximum atomic E-state index is 13.4. The Morgan fingerprint density at radius 2 is 1.93 bits per heavy atom. The topological polar surface area (TPSA) is 76.6 Å². The Labute approximate surface area is 181 Å². The third-order valence-electron chi connectivity index (χ3n) is 5.64. The molecule has 4 rings (SSSR count). The van der Waals surface area contributed by atoms with Crippen LogP contribution in [0.15, 0.2) is 54.7 Å². The summed E-state index contributed by atoms with van der Waals surface area (Å²) in [5.74, 6) is -0.188. The number of piperidine rings is 1. The number of H-pyrrole nitrogens is 1. The van der Waals surface area contributed by atoms with Gasteiger partial charge in [0.1, 0.15) is 6.54 Å². The van der Waals surface area contributed by atoms with Gasteiger partial charge in [-0.2, -0.15) is 0 Å². The van der Waals surface area contributed by atoms with Crippen molar-refractivity contribution < 1.29 is 16.1 Å². The summed E-state index contributed by atoms with van der Waals surface area (Å²) >= 11 is 6.13. The van der Waals surface area contributed by atoms with E-state index in [-0.39, 0.29) is 37.1 Å². The maximum Gasteiger partial charge on any atom is 0.258 e. The molecule has 1 saturated heterocycles. The van der Waals surface area contributed by atoms with Crippen LogP contribution < -0.4 is 4.90 Å². The second-order valence-corrected chi connectivity index (χ2v) is 7.94. The minimum atomic E-state index is -0.302. The number of amides is 2. The van der Waals surface area contributed by atoms with Gasteiger partial charge >= 0.3 is 0 Å². The third-order valence-corrected chi connectivity index (χ3v) is 5.94. The number of fused-ring (bicyclic) bond motifs is 1. The van der Waals surface area contributed by atoms with Crippen molar-refractivity contribution in [2.75, 3.05) is 31.1 Å². The van der Waals surface area contributed by atoms with Gasteiger partial charge in [-0.05, 0) is 43.0 Å². The summed E-state index contributed by atoms with van der Waals surface area (Å²) < 4.78 is 7.83. The quantitative estimate of drug-likeness (QED) is 0.653. The first-order chi connectivity index (χ1) is 15.0. The predicted octanol–water partition coefficient (Wildman–Crippen LogP) is 3.70. The van der Waals surface area contributed by atoms with Gasteiger partial charge in [0.05, 0.1) is 6.39 Å². The molecule has 2 amide bonds. The van der Waals surface area contributed by atoms with Crippen LogP contribution in [-0.4, -0.2) is 53.0 Å². The summed E-state index contributed by atoms with van der Waals surface area (Å²) in [5.41, 5.74) is 1.64. The summed E-state index contributed by atoms with van der Waals surface area (Å²) in [4.78, 5) is 32.5. The number of carbonyl (C=O) groups excluding carboxylic acids is 2. The van der Waals surface area contributed by atoms with Crippen molar-refractivity contribution in [3.05, 3.63) is 65.3 Å². The number of hydrogen-bond donors (Lipinski definition) is 2. The molecule has 7 heteroatoms. The molecule has 1 aliphatic heterocycles. The molecule has 1 fully saturated rings. The fourth-order valence-corrected chi connectivity index (χ4v) is 4.02. The lowest BCUT2D eigenvalue weighted by atomic mass is 9.98. The van der Waals surface area contributed by atoms with Crippen LogP contribution in [0.3, 0.4) is 0 Å². The molecular weight excluding hydrogens is 402 g/mol. The number of aromatic amines is 1. The van der Waals surface area contributed by atoms with Gasteiger partial charge < -0.3 is 15.0 Å². The Morgan fingerprint density at radius 1 is 1.20 bits per heavy atom. The standard InChI is InChI=1S/C23H24ClN3O3/c24-20-13-25-21-12-17(6-7-19(20)21)23(30)27(18-4-2-1-3-5-18)14-22(29)26-10-8-16(15-28)9-11-26/h1-7,12-13,16,25,28H,8-11,14-15H2/i13D. The summed E-state index contributed by atoms with van der Waals surface area (Å²) in [6, 6.07) is 14.1. The van der Waals surface area contributed by atoms with E-state index in [0.717, 1.165) is 12.8 Å². The van der Waals surface area contributed by atoms with Crippen molar-refractivity contribution in [2.24, 2.45) is 5.92 Å². The minimum absolute atomic E-state index is 0.0696. The summed E-state index contributed by atoms with van der Waals surface area (Å²) in [5, 5.41) is 10.3. The van der Waals surface area contributed by atoms with E-state index in [9.17, 15) is 14.7 Å². The second kappa shape index (κ2) is 8.90. The fourth-order valence-electron chi connectivity index (χ4n) is 3.81. The number of likely N-dealkylation sites (tertiary alicyclic amines) is 1. The molecule has 1 aliphatic rings. The highest BCUT2D eigenvalue weighted by Gasteiger charge is 2.27. The predicted molar refractivity (Wildman–Crippen MR) is 118 cm³/mol. The van der Waals surface area contributed by atoms with Crippen molar-refractivity contribution >= 4 is 40.0 Å². The van der Waals surface area contributed by atoms with E-state index in [1.165, 1.54) is 4.90 Å². The van der Waals surface area contributed by atoms with Gasteiger partial charge in [-0.3, -0.25) is 14.5 Å². The Bertz CT molecular complexity index is 1090. The molecule has 0 aliphatic carbocycles. The zero-order chi connectivity index (χ0) is 22.0. The molecule has 0 saturated carbocycles. The lowest BCUT2D eigenvalue weighted by Crippen LogP contribution is -2.46. The first-order valence-electron chi connectivity index (χ1n) is 10.5. The van der Waals surface area contributed by atoms with Crippen LogP contribution in [-0.2, 0) is 4.79 Å². The van der Waals surface area contributed by atoms with Crippen LogP contribution in [0.2, 0.25) is 5.02 Å². The SMILES string of the molecule is [2H]c1[nH]c2cc(C(=O)N(CC(=O)N3CCC(CO)CC3)c3ccccc3)ccc2c1Cl. The van der Waals surface area contributed by atoms with Gasteiger partial charge in [0.2, 0.25) is 5.91 Å². The lowest BCUT2D eigenvalue weighted by Gasteiger charge is -2.33. The van der Waals surface area contributed by atoms with Crippen LogP contribution in [0.1, 0.15) is 24.6 Å². The number of nitrogens with zero attached hydrogens (tertiary/aromatic N) is 2. The molecule has 2 N–H and O–H groups in total. The Kier molecular flexibility index (Phi) is 5.68. The third kappa shape index (κ3) is 4.20. The fraction of sp³-hybridized carbons (Fsp3) is 0.304. The molecule has 1 aromatic heterocycles. The number of anilines is 1. The zero-order valence-corrected chi connectivity index (χ0v) is 17.2. The number of rotatable bonds is 5. The van der Waals surface area contributed by atoms with Crippen molar-refractivity contribution in [3.8, 4) is 0 Å². The lowest BCUT2D eigenvalue weighted by molar-refractivity contribution is -0.131. The smallest absolute Gasteiger partial charge is 0.258 e. The van der Waals surface area contributed by atoms with Crippen LogP contribution in [0.5, 0.6) is 0 Å². The Morgan fingerprint density at radius 3 is 2.63 bits per heavy atom. The van der Waals surface area contributed by atoms with Gasteiger partial charge in [0, 0.05) is 48.0 Å². The van der Waals surface area contributed by atoms with Gasteiger partial charge in [-0.15, -0.1) is 0 Å². The van der Waals surface area contributed by atoms with E-state index in [4.69, 9.17) is 13.0 Å². The largest absolute Gasteiger partial charge is 0.396 e. The molecule has 0 spiro atoms. The van der Waals surface area contributed by atoms with E-state index in [0.29, 0.717) is 40.3 Å². The monoisotopic (exact) mass is 426 g/mol. The molecule has 2 aromatic carbocycles. The number of aromatic nitrogens is 1. The highest BCUT2D eigenvalue weighted by molar-refractivity contribution is 6.35. The molecule has 156 valence electrons. The molecule has 30 heavy (non-hydrogen) atoms. The average molecular weight is 427 g/mol. The van der Waals surface area contributed by atoms with Crippen LogP contribution in [0, 0.1) is 5.92 Å². The van der Waals surface area contributed by atoms with Crippen LogP contribution in [0.4, 0.5) is 5.69 Å². The molecular formula is C23H24ClN3O3. The first-order valence-corrected chi connectivity index (χ1v) is 10.4. The zero-order valence-electron chi connectivity index (χ0n) is 17.5. The molecule has 0 unspecified atom stereocenters. The van der Waals surface area contributed by atoms with Crippen molar-refractivity contribution in [1.82, 2.24) is 9.88 Å². The molecule has 3 aromatic rings. The van der Waals surface area contributed by atoms with Crippen molar-refractivity contribution in [2.45, 2.75) is 12.8 Å². The number of aliphatic hydroxyl groups is 1. The number of para-hydroxylation sites is 1. The first kappa shape index (κ1) is 19.2. The van der Waals surface area contributed by atoms with Gasteiger partial charge in [0.25, 0.3) is 5.91 Å². The van der Waals surface area contributed by atoms with E-state index in [2.05, 4.69) is 4.98 Å². The maximum absolute atomic E-state index is 13.4. The van der Waals surface area contributed by atoms with Crippen molar-refractivity contribution in [3.63, 3.8) is 0 Å². The molecule has 0 radical (unpaired) electrons. The number of nitrogens with one attached hydrogen (secondary N) is 1. The summed E-state index contributed by atoms with van der Waals surface area (Å²) in [6.07, 6.45) is 1.63. The minimum Gasteiger partial charge on any atom is -0.396 e. The van der Waals surface area contributed by atoms with E-state index in [1.54, 1.807) is 35.2 Å². The van der Waals surface area contributed by atoms with Gasteiger partial charge in [-0.25, -0.2) is 0 Å². The highest BCUT2D eigenvalue weighted by Crippen LogP contribution is 2.25. The molecule has 2 heterocycles. The number of carbonyl (C=O) groups is 2. The molecule has 0 bridgehead atoms. The number of hydrogen-bond acceptors (Lipinski definition) is 3. The normalized spacial score (nSPS) is 15.3. The van der Waals surface area contributed by atoms with E-state index < -0.39 is 0 Å². The highest BCUT2D eigenvalue weighted by atomic mass is 35.5. The van der Waals surface area contributed by atoms with Crippen molar-refractivity contribution in [1.29, 1.82) is 0 Å². The Hall–Kier alpha value is -2.83. The average Bonchev–Trinajstić information content (AvgIpc) is 3.10. The molecule has 0 atom stereocenters. The summed E-state index contributed by atoms with van der Waals surface area (Å²) in [7, 11) is 0. The van der Waals surface area contributed by atoms with Gasteiger partial charge in [-0.1, -0.05) is 35.9 Å². The number of benzene rings is 2. The summed E-state index contributed by atoms with van der Waals surface area (Å²) in [6.45, 7) is 1.24. The van der Waals surface area contributed by atoms with E-state index >= 15 is 0 Å². The Balaban J connectivity index is 1.59. The second-order valence-electron chi connectivity index (χ2n) is 7.56. The number of aliphatic hydroxyl groups excluding tert-OH is 1. The number of halogens is 1. The van der Waals surface area contributed by atoms with Crippen LogP contribution >= 0.6 is 11.6 Å².